The van der Waals surface area contributed by atoms with Crippen molar-refractivity contribution >= 4 is 17.4 Å². The molecule has 0 aliphatic carbocycles. The van der Waals surface area contributed by atoms with E-state index in [9.17, 15) is 0 Å². The first kappa shape index (κ1) is 13.6. The fourth-order valence-electron chi connectivity index (χ4n) is 1.68. The zero-order valence-corrected chi connectivity index (χ0v) is 11.6. The minimum absolute atomic E-state index is 0.972. The molecule has 80 valence electrons. The third-order valence-electron chi connectivity index (χ3n) is 2.03. The van der Waals surface area contributed by atoms with E-state index in [1.807, 2.05) is 18.2 Å². The monoisotopic (exact) mass is 226 g/mol. The molecule has 0 radical (unpaired) electrons. The highest BCUT2D eigenvalue weighted by Gasteiger charge is 2.31. The van der Waals surface area contributed by atoms with Gasteiger partial charge in [-0.3, -0.25) is 0 Å². The molecule has 0 fully saturated rings. The van der Waals surface area contributed by atoms with E-state index in [-0.39, 0.29) is 0 Å². The fourth-order valence-corrected chi connectivity index (χ4v) is 8.92. The topological polar surface area (TPSA) is 9.23 Å². The normalized spacial score (nSPS) is 11.4. The van der Waals surface area contributed by atoms with Gasteiger partial charge in [-0.2, -0.15) is 0 Å². The summed E-state index contributed by atoms with van der Waals surface area (Å²) in [4.78, 5) is 0. The lowest BCUT2D eigenvalue weighted by molar-refractivity contribution is 0.565. The Kier molecular flexibility index (Phi) is 6.79. The smallest absolute Gasteiger partial charge is 0.190 e. The van der Waals surface area contributed by atoms with E-state index in [0.717, 1.165) is 18.1 Å². The van der Waals surface area contributed by atoms with E-state index in [0.29, 0.717) is 0 Å². The minimum atomic E-state index is -1.65. The third kappa shape index (κ3) is 4.74. The number of allylic oxidation sites excluding steroid dienone is 3. The molecular formula is C11H22OSi2. The Bertz CT molecular complexity index is 173. The Balaban J connectivity index is 4.60. The van der Waals surface area contributed by atoms with Crippen molar-refractivity contribution in [2.45, 2.75) is 31.2 Å². The van der Waals surface area contributed by atoms with Crippen LogP contribution in [0, 0.1) is 0 Å². The van der Waals surface area contributed by atoms with Crippen molar-refractivity contribution in [3.63, 3.8) is 0 Å². The largest absolute Gasteiger partial charge is 0.457 e. The van der Waals surface area contributed by atoms with E-state index < -0.39 is 17.4 Å². The second-order valence-corrected chi connectivity index (χ2v) is 10.5. The van der Waals surface area contributed by atoms with Gasteiger partial charge < -0.3 is 4.12 Å². The SMILES string of the molecule is C=CC[Si](CC=C)(CC=C)O[SiH](C)C. The zero-order valence-electron chi connectivity index (χ0n) is 9.46. The van der Waals surface area contributed by atoms with Gasteiger partial charge in [-0.25, -0.2) is 0 Å². The van der Waals surface area contributed by atoms with Gasteiger partial charge >= 0.3 is 0 Å². The highest BCUT2D eigenvalue weighted by Crippen LogP contribution is 2.24. The van der Waals surface area contributed by atoms with E-state index in [2.05, 4.69) is 32.8 Å². The van der Waals surface area contributed by atoms with Gasteiger partial charge in [-0.1, -0.05) is 18.2 Å². The van der Waals surface area contributed by atoms with Gasteiger partial charge in [-0.05, 0) is 31.2 Å². The maximum atomic E-state index is 6.22. The second-order valence-electron chi connectivity index (χ2n) is 3.83. The lowest BCUT2D eigenvalue weighted by Crippen LogP contribution is -2.40. The highest BCUT2D eigenvalue weighted by molar-refractivity contribution is 6.80. The van der Waals surface area contributed by atoms with Crippen molar-refractivity contribution in [3.05, 3.63) is 38.0 Å². The van der Waals surface area contributed by atoms with Crippen molar-refractivity contribution in [1.82, 2.24) is 0 Å². The molecule has 0 bridgehead atoms. The van der Waals surface area contributed by atoms with Gasteiger partial charge in [0.05, 0.1) is 0 Å². The molecule has 0 unspecified atom stereocenters. The lowest BCUT2D eigenvalue weighted by Gasteiger charge is -2.31. The van der Waals surface area contributed by atoms with Gasteiger partial charge in [0.15, 0.2) is 17.4 Å². The summed E-state index contributed by atoms with van der Waals surface area (Å²) in [6.45, 7) is 15.9. The molecule has 14 heavy (non-hydrogen) atoms. The van der Waals surface area contributed by atoms with E-state index in [1.165, 1.54) is 0 Å². The van der Waals surface area contributed by atoms with Gasteiger partial charge in [0.2, 0.25) is 0 Å². The molecule has 0 aromatic heterocycles. The van der Waals surface area contributed by atoms with Crippen molar-refractivity contribution in [2.24, 2.45) is 0 Å². The van der Waals surface area contributed by atoms with Crippen molar-refractivity contribution < 1.29 is 4.12 Å². The summed E-state index contributed by atoms with van der Waals surface area (Å²) in [6.07, 6.45) is 5.95. The van der Waals surface area contributed by atoms with Crippen LogP contribution in [0.1, 0.15) is 0 Å². The summed E-state index contributed by atoms with van der Waals surface area (Å²) in [5, 5.41) is 0. The predicted molar refractivity (Wildman–Crippen MR) is 70.7 cm³/mol. The maximum absolute atomic E-state index is 6.22. The molecule has 0 spiro atoms. The zero-order chi connectivity index (χ0) is 11.0. The van der Waals surface area contributed by atoms with Crippen LogP contribution in [0.15, 0.2) is 38.0 Å². The first-order valence-corrected chi connectivity index (χ1v) is 10.4. The van der Waals surface area contributed by atoms with Crippen molar-refractivity contribution in [3.8, 4) is 0 Å². The standard InChI is InChI=1S/C11H22OSi2/c1-6-9-14(10-7-2,11-8-3)12-13(4)5/h6-8,13H,1-3,9-11H2,4-5H3. The predicted octanol–water partition coefficient (Wildman–Crippen LogP) is 3.49. The van der Waals surface area contributed by atoms with Crippen LogP contribution in [0.25, 0.3) is 0 Å². The van der Waals surface area contributed by atoms with Crippen LogP contribution < -0.4 is 0 Å². The van der Waals surface area contributed by atoms with Crippen molar-refractivity contribution in [2.75, 3.05) is 0 Å². The molecule has 0 N–H and O–H groups in total. The van der Waals surface area contributed by atoms with Gasteiger partial charge in [0, 0.05) is 0 Å². The summed E-state index contributed by atoms with van der Waals surface area (Å²) in [5.74, 6) is 0. The maximum Gasteiger partial charge on any atom is 0.190 e. The van der Waals surface area contributed by atoms with Gasteiger partial charge in [-0.15, -0.1) is 19.7 Å². The summed E-state index contributed by atoms with van der Waals surface area (Å²) in [6, 6.07) is 3.03. The van der Waals surface area contributed by atoms with Crippen LogP contribution >= 0.6 is 0 Å². The van der Waals surface area contributed by atoms with Crippen LogP contribution in [0.5, 0.6) is 0 Å². The summed E-state index contributed by atoms with van der Waals surface area (Å²) in [7, 11) is -2.62. The molecule has 0 aromatic rings. The second kappa shape index (κ2) is 6.98. The average Bonchev–Trinajstić information content (AvgIpc) is 2.03. The summed E-state index contributed by atoms with van der Waals surface area (Å²) in [5.41, 5.74) is 0. The van der Waals surface area contributed by atoms with Crippen LogP contribution in [-0.2, 0) is 4.12 Å². The quantitative estimate of drug-likeness (QED) is 0.455. The van der Waals surface area contributed by atoms with E-state index in [1.54, 1.807) is 0 Å². The number of rotatable bonds is 8. The van der Waals surface area contributed by atoms with Crippen LogP contribution in [-0.4, -0.2) is 17.4 Å². The van der Waals surface area contributed by atoms with Crippen LogP contribution in [0.4, 0.5) is 0 Å². The van der Waals surface area contributed by atoms with Gasteiger partial charge in [0.1, 0.15) is 0 Å². The number of hydrogen-bond acceptors (Lipinski definition) is 1. The van der Waals surface area contributed by atoms with Crippen LogP contribution in [0.3, 0.4) is 0 Å². The first-order valence-electron chi connectivity index (χ1n) is 5.10. The Labute approximate surface area is 91.0 Å². The molecule has 0 saturated heterocycles. The van der Waals surface area contributed by atoms with E-state index in [4.69, 9.17) is 4.12 Å². The molecule has 0 heterocycles. The highest BCUT2D eigenvalue weighted by atomic mass is 28.4. The molecule has 0 aliphatic heterocycles. The Morgan fingerprint density at radius 1 is 1.00 bits per heavy atom. The molecule has 0 aliphatic rings. The fraction of sp³-hybridized carbons (Fsp3) is 0.455. The Morgan fingerprint density at radius 3 is 1.57 bits per heavy atom. The lowest BCUT2D eigenvalue weighted by atomic mass is 10.7. The number of hydrogen-bond donors (Lipinski definition) is 0. The Hall–Kier alpha value is -0.386. The third-order valence-corrected chi connectivity index (χ3v) is 9.02. The summed E-state index contributed by atoms with van der Waals surface area (Å²) < 4.78 is 6.22. The molecular weight excluding hydrogens is 204 g/mol. The first-order chi connectivity index (χ1) is 6.60. The molecule has 0 aromatic carbocycles. The Morgan fingerprint density at radius 2 is 1.36 bits per heavy atom. The molecule has 0 saturated carbocycles. The van der Waals surface area contributed by atoms with E-state index >= 15 is 0 Å². The molecule has 0 amide bonds. The average molecular weight is 226 g/mol. The summed E-state index contributed by atoms with van der Waals surface area (Å²) >= 11 is 0. The molecule has 0 atom stereocenters. The van der Waals surface area contributed by atoms with Crippen LogP contribution in [0.2, 0.25) is 31.2 Å². The minimum Gasteiger partial charge on any atom is -0.457 e. The van der Waals surface area contributed by atoms with Gasteiger partial charge in [0.25, 0.3) is 0 Å². The molecule has 1 nitrogen and oxygen atoms in total. The van der Waals surface area contributed by atoms with Crippen molar-refractivity contribution in [1.29, 1.82) is 0 Å². The molecule has 0 rings (SSSR count). The molecule has 3 heteroatoms.